The van der Waals surface area contributed by atoms with Crippen LogP contribution in [-0.2, 0) is 11.2 Å². The minimum absolute atomic E-state index is 0.167. The lowest BCUT2D eigenvalue weighted by Gasteiger charge is -2.22. The van der Waals surface area contributed by atoms with E-state index >= 15 is 0 Å². The van der Waals surface area contributed by atoms with Gasteiger partial charge in [0.2, 0.25) is 0 Å². The quantitative estimate of drug-likeness (QED) is 0.771. The topological polar surface area (TPSA) is 44.5 Å². The van der Waals surface area contributed by atoms with E-state index in [0.29, 0.717) is 0 Å². The van der Waals surface area contributed by atoms with E-state index in [1.165, 1.54) is 17.5 Å². The molecule has 0 radical (unpaired) electrons. The van der Waals surface area contributed by atoms with Gasteiger partial charge < -0.3 is 15.2 Å². The molecule has 1 aliphatic rings. The van der Waals surface area contributed by atoms with Crippen molar-refractivity contribution in [2.45, 2.75) is 25.3 Å². The van der Waals surface area contributed by atoms with Crippen LogP contribution >= 0.6 is 0 Å². The van der Waals surface area contributed by atoms with Crippen LogP contribution in [0.2, 0.25) is 0 Å². The van der Waals surface area contributed by atoms with Gasteiger partial charge in [-0.15, -0.1) is 0 Å². The van der Waals surface area contributed by atoms with Gasteiger partial charge in [-0.25, -0.2) is 0 Å². The molecule has 2 N–H and O–H groups in total. The predicted molar refractivity (Wildman–Crippen MR) is 58.8 cm³/mol. The third kappa shape index (κ3) is 2.30. The van der Waals surface area contributed by atoms with Crippen LogP contribution in [0.5, 0.6) is 5.75 Å². The molecule has 0 fully saturated rings. The van der Waals surface area contributed by atoms with Crippen molar-refractivity contribution in [1.29, 1.82) is 0 Å². The number of methoxy groups -OCH3 is 1. The molecule has 1 unspecified atom stereocenters. The van der Waals surface area contributed by atoms with Crippen molar-refractivity contribution < 1.29 is 9.47 Å². The maximum absolute atomic E-state index is 6.06. The fraction of sp³-hybridized carbons (Fsp3) is 0.500. The summed E-state index contributed by atoms with van der Waals surface area (Å²) < 4.78 is 10.3. The predicted octanol–water partition coefficient (Wildman–Crippen LogP) is 2.01. The van der Waals surface area contributed by atoms with Gasteiger partial charge >= 0.3 is 0 Å². The molecular formula is C12H17NO2. The summed E-state index contributed by atoms with van der Waals surface area (Å²) >= 11 is 0. The molecule has 0 aliphatic heterocycles. The zero-order valence-electron chi connectivity index (χ0n) is 9.03. The van der Waals surface area contributed by atoms with Crippen LogP contribution in [0, 0.1) is 0 Å². The molecule has 0 aromatic heterocycles. The summed E-state index contributed by atoms with van der Waals surface area (Å²) in [5.41, 5.74) is 8.65. The molecule has 0 saturated heterocycles. The van der Waals surface area contributed by atoms with Crippen molar-refractivity contribution in [2.24, 2.45) is 5.73 Å². The Balaban J connectivity index is 2.19. The van der Waals surface area contributed by atoms with Crippen LogP contribution in [0.4, 0.5) is 0 Å². The molecular weight excluding hydrogens is 190 g/mol. The SMILES string of the molecule is COCOc1ccc2c(c1)C(N)CCC2. The first kappa shape index (κ1) is 10.5. The highest BCUT2D eigenvalue weighted by molar-refractivity contribution is 5.38. The average Bonchev–Trinajstić information content (AvgIpc) is 2.27. The van der Waals surface area contributed by atoms with Crippen LogP contribution < -0.4 is 10.5 Å². The molecule has 3 heteroatoms. The van der Waals surface area contributed by atoms with E-state index in [1.807, 2.05) is 12.1 Å². The van der Waals surface area contributed by atoms with Crippen molar-refractivity contribution >= 4 is 0 Å². The fourth-order valence-electron chi connectivity index (χ4n) is 2.03. The molecule has 0 bridgehead atoms. The second kappa shape index (κ2) is 4.64. The number of benzene rings is 1. The van der Waals surface area contributed by atoms with Gasteiger partial charge in [-0.1, -0.05) is 6.07 Å². The van der Waals surface area contributed by atoms with E-state index in [4.69, 9.17) is 15.2 Å². The van der Waals surface area contributed by atoms with Crippen LogP contribution in [0.3, 0.4) is 0 Å². The largest absolute Gasteiger partial charge is 0.468 e. The summed E-state index contributed by atoms with van der Waals surface area (Å²) in [4.78, 5) is 0. The lowest BCUT2D eigenvalue weighted by Crippen LogP contribution is -2.17. The lowest BCUT2D eigenvalue weighted by atomic mass is 9.88. The number of nitrogens with two attached hydrogens (primary N) is 1. The molecule has 0 amide bonds. The summed E-state index contributed by atoms with van der Waals surface area (Å²) in [7, 11) is 1.62. The Morgan fingerprint density at radius 3 is 3.13 bits per heavy atom. The van der Waals surface area contributed by atoms with E-state index in [1.54, 1.807) is 7.11 Å². The first-order valence-corrected chi connectivity index (χ1v) is 5.31. The van der Waals surface area contributed by atoms with Crippen molar-refractivity contribution in [3.05, 3.63) is 29.3 Å². The number of hydrogen-bond donors (Lipinski definition) is 1. The van der Waals surface area contributed by atoms with Gasteiger partial charge in [0.15, 0.2) is 6.79 Å². The first-order chi connectivity index (χ1) is 7.31. The number of aryl methyl sites for hydroxylation is 1. The van der Waals surface area contributed by atoms with Gasteiger partial charge in [-0.2, -0.15) is 0 Å². The number of hydrogen-bond acceptors (Lipinski definition) is 3. The van der Waals surface area contributed by atoms with Crippen LogP contribution in [0.1, 0.15) is 30.0 Å². The second-order valence-corrected chi connectivity index (χ2v) is 3.91. The molecule has 2 rings (SSSR count). The lowest BCUT2D eigenvalue weighted by molar-refractivity contribution is 0.0510. The molecule has 0 heterocycles. The van der Waals surface area contributed by atoms with E-state index in [0.717, 1.165) is 18.6 Å². The molecule has 82 valence electrons. The van der Waals surface area contributed by atoms with E-state index in [-0.39, 0.29) is 12.8 Å². The van der Waals surface area contributed by atoms with E-state index in [2.05, 4.69) is 6.07 Å². The summed E-state index contributed by atoms with van der Waals surface area (Å²) in [5.74, 6) is 0.841. The summed E-state index contributed by atoms with van der Waals surface area (Å²) in [5, 5.41) is 0. The Morgan fingerprint density at radius 2 is 2.33 bits per heavy atom. The maximum Gasteiger partial charge on any atom is 0.188 e. The standard InChI is InChI=1S/C12H17NO2/c1-14-8-15-10-6-5-9-3-2-4-12(13)11(9)7-10/h5-7,12H,2-4,8,13H2,1H3. The number of rotatable bonds is 3. The minimum Gasteiger partial charge on any atom is -0.468 e. The molecule has 0 spiro atoms. The molecule has 15 heavy (non-hydrogen) atoms. The average molecular weight is 207 g/mol. The van der Waals surface area contributed by atoms with Crippen molar-refractivity contribution in [3.8, 4) is 5.75 Å². The number of ether oxygens (including phenoxy) is 2. The van der Waals surface area contributed by atoms with Crippen molar-refractivity contribution in [2.75, 3.05) is 13.9 Å². The highest BCUT2D eigenvalue weighted by Crippen LogP contribution is 2.30. The Bertz CT molecular complexity index is 338. The molecule has 3 nitrogen and oxygen atoms in total. The first-order valence-electron chi connectivity index (χ1n) is 5.31. The van der Waals surface area contributed by atoms with Gasteiger partial charge in [0.05, 0.1) is 0 Å². The van der Waals surface area contributed by atoms with Gasteiger partial charge in [0.25, 0.3) is 0 Å². The Morgan fingerprint density at radius 1 is 1.47 bits per heavy atom. The summed E-state index contributed by atoms with van der Waals surface area (Å²) in [6.45, 7) is 0.286. The third-order valence-electron chi connectivity index (χ3n) is 2.82. The molecule has 1 aromatic carbocycles. The minimum atomic E-state index is 0.167. The fourth-order valence-corrected chi connectivity index (χ4v) is 2.03. The monoisotopic (exact) mass is 207 g/mol. The molecule has 1 aromatic rings. The van der Waals surface area contributed by atoms with Crippen LogP contribution in [0.25, 0.3) is 0 Å². The van der Waals surface area contributed by atoms with Crippen LogP contribution in [-0.4, -0.2) is 13.9 Å². The van der Waals surface area contributed by atoms with Crippen molar-refractivity contribution in [3.63, 3.8) is 0 Å². The molecule has 1 aliphatic carbocycles. The second-order valence-electron chi connectivity index (χ2n) is 3.91. The van der Waals surface area contributed by atoms with Gasteiger partial charge in [0.1, 0.15) is 5.75 Å². The Labute approximate surface area is 90.2 Å². The molecule has 1 atom stereocenters. The summed E-state index contributed by atoms with van der Waals surface area (Å²) in [6, 6.07) is 6.30. The van der Waals surface area contributed by atoms with E-state index < -0.39 is 0 Å². The zero-order valence-corrected chi connectivity index (χ0v) is 9.03. The normalized spacial score (nSPS) is 19.7. The van der Waals surface area contributed by atoms with Crippen molar-refractivity contribution in [1.82, 2.24) is 0 Å². The van der Waals surface area contributed by atoms with Crippen LogP contribution in [0.15, 0.2) is 18.2 Å². The van der Waals surface area contributed by atoms with Gasteiger partial charge in [0, 0.05) is 13.2 Å². The summed E-state index contributed by atoms with van der Waals surface area (Å²) in [6.07, 6.45) is 3.39. The third-order valence-corrected chi connectivity index (χ3v) is 2.82. The smallest absolute Gasteiger partial charge is 0.188 e. The Hall–Kier alpha value is -1.06. The van der Waals surface area contributed by atoms with Gasteiger partial charge in [-0.3, -0.25) is 0 Å². The molecule has 0 saturated carbocycles. The van der Waals surface area contributed by atoms with Gasteiger partial charge in [-0.05, 0) is 42.5 Å². The highest BCUT2D eigenvalue weighted by Gasteiger charge is 2.16. The number of fused-ring (bicyclic) bond motifs is 1. The van der Waals surface area contributed by atoms with E-state index in [9.17, 15) is 0 Å². The highest BCUT2D eigenvalue weighted by atomic mass is 16.7. The Kier molecular flexibility index (Phi) is 3.23. The zero-order chi connectivity index (χ0) is 10.7. The maximum atomic E-state index is 6.06.